The summed E-state index contributed by atoms with van der Waals surface area (Å²) in [7, 11) is 0. The molecule has 2 amide bonds. The number of benzene rings is 3. The quantitative estimate of drug-likeness (QED) is 0.195. The third kappa shape index (κ3) is 4.74. The van der Waals surface area contributed by atoms with Gasteiger partial charge in [0.15, 0.2) is 4.96 Å². The second kappa shape index (κ2) is 10.4. The molecule has 0 unspecified atom stereocenters. The number of anilines is 4. The van der Waals surface area contributed by atoms with E-state index < -0.39 is 11.7 Å². The lowest BCUT2D eigenvalue weighted by Gasteiger charge is -2.10. The minimum atomic E-state index is -0.703. The molecule has 4 heterocycles. The maximum Gasteiger partial charge on any atom is 0.260 e. The summed E-state index contributed by atoms with van der Waals surface area (Å²) in [5, 5.41) is 10.8. The number of aromatic nitrogens is 4. The number of thiazole rings is 1. The van der Waals surface area contributed by atoms with Crippen LogP contribution in [0.15, 0.2) is 84.5 Å². The number of carbonyl (C=O) groups is 2. The maximum absolute atomic E-state index is 14.3. The molecule has 0 saturated heterocycles. The van der Waals surface area contributed by atoms with Crippen LogP contribution in [0.5, 0.6) is 0 Å². The molecule has 9 nitrogen and oxygen atoms in total. The Labute approximate surface area is 247 Å². The van der Waals surface area contributed by atoms with Crippen molar-refractivity contribution < 1.29 is 14.0 Å². The lowest BCUT2D eigenvalue weighted by Crippen LogP contribution is -2.14. The molecule has 0 aliphatic carbocycles. The molecule has 6 aromatic rings. The highest BCUT2D eigenvalue weighted by atomic mass is 35.5. The van der Waals surface area contributed by atoms with Gasteiger partial charge >= 0.3 is 0 Å². The summed E-state index contributed by atoms with van der Waals surface area (Å²) < 4.78 is 16.3. The van der Waals surface area contributed by atoms with E-state index in [2.05, 4.69) is 20.9 Å². The van der Waals surface area contributed by atoms with Crippen LogP contribution >= 0.6 is 22.9 Å². The number of nitrogens with zero attached hydrogens (tertiary/aromatic N) is 4. The Bertz CT molecular complexity index is 2020. The molecule has 0 fully saturated rings. The third-order valence-corrected chi connectivity index (χ3v) is 7.80. The van der Waals surface area contributed by atoms with Crippen LogP contribution in [0.1, 0.15) is 15.9 Å². The molecule has 12 heteroatoms. The predicted octanol–water partition coefficient (Wildman–Crippen LogP) is 6.80. The fourth-order valence-electron chi connectivity index (χ4n) is 4.87. The number of hydrogen-bond acceptors (Lipinski definition) is 7. The summed E-state index contributed by atoms with van der Waals surface area (Å²) >= 11 is 7.57. The van der Waals surface area contributed by atoms with Crippen LogP contribution in [-0.4, -0.2) is 31.2 Å². The van der Waals surface area contributed by atoms with Gasteiger partial charge in [0.25, 0.3) is 5.91 Å². The van der Waals surface area contributed by atoms with Gasteiger partial charge in [0.2, 0.25) is 11.9 Å². The molecular formula is C30H19ClFN7O2S. The van der Waals surface area contributed by atoms with Crippen molar-refractivity contribution in [1.82, 2.24) is 19.4 Å². The highest BCUT2D eigenvalue weighted by Crippen LogP contribution is 2.35. The average Bonchev–Trinajstić information content (AvgIpc) is 3.67. The van der Waals surface area contributed by atoms with Crippen molar-refractivity contribution in [2.24, 2.45) is 0 Å². The first kappa shape index (κ1) is 25.8. The van der Waals surface area contributed by atoms with Crippen LogP contribution < -0.4 is 16.0 Å². The van der Waals surface area contributed by atoms with Gasteiger partial charge in [-0.05, 0) is 54.1 Å². The minimum Gasteiger partial charge on any atom is -0.326 e. The molecule has 0 spiro atoms. The van der Waals surface area contributed by atoms with E-state index >= 15 is 0 Å². The first-order chi connectivity index (χ1) is 20.4. The molecule has 7 rings (SSSR count). The van der Waals surface area contributed by atoms with Gasteiger partial charge in [0.1, 0.15) is 11.5 Å². The van der Waals surface area contributed by atoms with Crippen molar-refractivity contribution in [3.63, 3.8) is 0 Å². The van der Waals surface area contributed by atoms with Gasteiger partial charge in [-0.25, -0.2) is 19.3 Å². The fourth-order valence-corrected chi connectivity index (χ4v) is 5.83. The summed E-state index contributed by atoms with van der Waals surface area (Å²) in [5.74, 6) is -1.01. The van der Waals surface area contributed by atoms with E-state index in [1.807, 2.05) is 40.2 Å². The van der Waals surface area contributed by atoms with Gasteiger partial charge in [0.05, 0.1) is 28.4 Å². The number of hydrogen-bond donors (Lipinski definition) is 3. The molecule has 0 atom stereocenters. The molecule has 206 valence electrons. The topological polar surface area (TPSA) is 113 Å². The maximum atomic E-state index is 14.3. The van der Waals surface area contributed by atoms with Crippen LogP contribution in [0.3, 0.4) is 0 Å². The molecule has 3 aromatic heterocycles. The van der Waals surface area contributed by atoms with E-state index in [1.54, 1.807) is 30.5 Å². The van der Waals surface area contributed by atoms with Crippen molar-refractivity contribution >= 4 is 62.7 Å². The average molecular weight is 596 g/mol. The van der Waals surface area contributed by atoms with Crippen LogP contribution in [0.25, 0.3) is 27.6 Å². The van der Waals surface area contributed by atoms with Crippen molar-refractivity contribution in [3.8, 4) is 22.6 Å². The van der Waals surface area contributed by atoms with Gasteiger partial charge in [-0.15, -0.1) is 11.3 Å². The third-order valence-electron chi connectivity index (χ3n) is 6.73. The number of nitrogens with one attached hydrogen (secondary N) is 3. The first-order valence-corrected chi connectivity index (χ1v) is 14.0. The Morgan fingerprint density at radius 2 is 1.93 bits per heavy atom. The molecule has 0 saturated carbocycles. The number of amides is 2. The molecule has 0 bridgehead atoms. The second-order valence-corrected chi connectivity index (χ2v) is 10.8. The SMILES string of the molecule is O=C1Cc2cc(Nc3nccc(-c4c(-c5cccc(NC(=O)c6c(F)cccc6Cl)c5)nc5sccn45)n3)ccc2N1. The number of rotatable bonds is 6. The zero-order valence-corrected chi connectivity index (χ0v) is 23.1. The summed E-state index contributed by atoms with van der Waals surface area (Å²) in [5.41, 5.74) is 5.43. The van der Waals surface area contributed by atoms with Crippen LogP contribution in [0, 0.1) is 5.82 Å². The molecule has 3 N–H and O–H groups in total. The molecule has 1 aliphatic rings. The van der Waals surface area contributed by atoms with E-state index in [4.69, 9.17) is 21.6 Å². The normalized spacial score (nSPS) is 12.3. The standard InChI is InChI=1S/C30H19ClFN7O2S/c31-20-5-2-6-21(32)25(20)28(41)34-18-4-1-3-16(13-18)26-27(39-11-12-42-30(39)38-26)23-9-10-33-29(37-23)35-19-7-8-22-17(14-19)15-24(40)36-22/h1-14H,15H2,(H,34,41)(H,36,40)(H,33,35,37). The minimum absolute atomic E-state index is 0.0264. The van der Waals surface area contributed by atoms with Crippen molar-refractivity contribution in [1.29, 1.82) is 0 Å². The highest BCUT2D eigenvalue weighted by molar-refractivity contribution is 7.15. The predicted molar refractivity (Wildman–Crippen MR) is 161 cm³/mol. The number of imidazole rings is 1. The molecule has 42 heavy (non-hydrogen) atoms. The monoisotopic (exact) mass is 595 g/mol. The lowest BCUT2D eigenvalue weighted by atomic mass is 10.1. The van der Waals surface area contributed by atoms with Gasteiger partial charge < -0.3 is 16.0 Å². The van der Waals surface area contributed by atoms with E-state index in [0.29, 0.717) is 29.4 Å². The Morgan fingerprint density at radius 1 is 1.05 bits per heavy atom. The Kier molecular flexibility index (Phi) is 6.37. The van der Waals surface area contributed by atoms with E-state index in [9.17, 15) is 14.0 Å². The van der Waals surface area contributed by atoms with Gasteiger partial charge in [-0.2, -0.15) is 0 Å². The zero-order valence-electron chi connectivity index (χ0n) is 21.6. The summed E-state index contributed by atoms with van der Waals surface area (Å²) in [6.07, 6.45) is 3.90. The van der Waals surface area contributed by atoms with Crippen LogP contribution in [0.2, 0.25) is 5.02 Å². The van der Waals surface area contributed by atoms with Crippen LogP contribution in [0.4, 0.5) is 27.4 Å². The summed E-state index contributed by atoms with van der Waals surface area (Å²) in [6.45, 7) is 0. The first-order valence-electron chi connectivity index (χ1n) is 12.8. The molecule has 3 aromatic carbocycles. The number of carbonyl (C=O) groups excluding carboxylic acids is 2. The molecule has 1 aliphatic heterocycles. The van der Waals surface area contributed by atoms with Crippen molar-refractivity contribution in [2.75, 3.05) is 16.0 Å². The van der Waals surface area contributed by atoms with Gasteiger partial charge in [-0.1, -0.05) is 29.8 Å². The van der Waals surface area contributed by atoms with E-state index in [0.717, 1.165) is 33.2 Å². The Balaban J connectivity index is 1.22. The Hall–Kier alpha value is -5.13. The molecule has 0 radical (unpaired) electrons. The van der Waals surface area contributed by atoms with Crippen molar-refractivity contribution in [3.05, 3.63) is 106 Å². The zero-order chi connectivity index (χ0) is 28.8. The summed E-state index contributed by atoms with van der Waals surface area (Å²) in [6, 6.07) is 18.6. The highest BCUT2D eigenvalue weighted by Gasteiger charge is 2.21. The second-order valence-electron chi connectivity index (χ2n) is 9.48. The van der Waals surface area contributed by atoms with Crippen molar-refractivity contribution in [2.45, 2.75) is 6.42 Å². The molecular weight excluding hydrogens is 577 g/mol. The van der Waals surface area contributed by atoms with E-state index in [1.165, 1.54) is 29.5 Å². The van der Waals surface area contributed by atoms with E-state index in [-0.39, 0.29) is 16.5 Å². The summed E-state index contributed by atoms with van der Waals surface area (Å²) in [4.78, 5) is 39.4. The lowest BCUT2D eigenvalue weighted by molar-refractivity contribution is -0.115. The smallest absolute Gasteiger partial charge is 0.260 e. The fraction of sp³-hybridized carbons (Fsp3) is 0.0333. The number of fused-ring (bicyclic) bond motifs is 2. The van der Waals surface area contributed by atoms with Gasteiger partial charge in [-0.3, -0.25) is 14.0 Å². The Morgan fingerprint density at radius 3 is 2.81 bits per heavy atom. The number of halogens is 2. The largest absolute Gasteiger partial charge is 0.326 e. The van der Waals surface area contributed by atoms with Gasteiger partial charge in [0, 0.05) is 40.4 Å². The van der Waals surface area contributed by atoms with Crippen LogP contribution in [-0.2, 0) is 11.2 Å².